The summed E-state index contributed by atoms with van der Waals surface area (Å²) in [7, 11) is 0. The summed E-state index contributed by atoms with van der Waals surface area (Å²) in [5.41, 5.74) is 2.27. The lowest BCUT2D eigenvalue weighted by Gasteiger charge is -2.10. The van der Waals surface area contributed by atoms with Crippen LogP contribution in [0.2, 0.25) is 0 Å². The minimum absolute atomic E-state index is 0.572. The maximum absolute atomic E-state index is 6.06. The molecule has 1 aromatic heterocycles. The normalized spacial score (nSPS) is 10.8. The van der Waals surface area contributed by atoms with Crippen molar-refractivity contribution in [1.29, 1.82) is 0 Å². The van der Waals surface area contributed by atoms with Crippen LogP contribution in [0.3, 0.4) is 0 Å². The molecule has 0 unspecified atom stereocenters. The average molecular weight is 315 g/mol. The van der Waals surface area contributed by atoms with Crippen LogP contribution in [0, 0.1) is 6.07 Å². The number of rotatable bonds is 4. The standard InChI is InChI=1S/C21H15OS/c1-2-8-16(9-3-1)15-22-19-12-6-5-11-18(19)21-14-17-10-4-7-13-20(17)23-21/h1-13H,15H2. The molecule has 1 heterocycles. The highest BCUT2D eigenvalue weighted by molar-refractivity contribution is 7.22. The summed E-state index contributed by atoms with van der Waals surface area (Å²) in [5, 5.41) is 1.16. The third-order valence-electron chi connectivity index (χ3n) is 3.72. The number of hydrogen-bond acceptors (Lipinski definition) is 2. The lowest BCUT2D eigenvalue weighted by molar-refractivity contribution is 0.307. The lowest BCUT2D eigenvalue weighted by atomic mass is 10.1. The smallest absolute Gasteiger partial charge is 0.128 e. The van der Waals surface area contributed by atoms with E-state index >= 15 is 0 Å². The van der Waals surface area contributed by atoms with Crippen molar-refractivity contribution in [2.75, 3.05) is 0 Å². The number of ether oxygens (including phenoxy) is 1. The van der Waals surface area contributed by atoms with Crippen LogP contribution in [0.15, 0.2) is 78.9 Å². The second-order valence-corrected chi connectivity index (χ2v) is 6.37. The summed E-state index contributed by atoms with van der Waals surface area (Å²) in [6.45, 7) is 0.572. The van der Waals surface area contributed by atoms with Crippen molar-refractivity contribution in [2.45, 2.75) is 6.61 Å². The Kier molecular flexibility index (Phi) is 3.83. The monoisotopic (exact) mass is 315 g/mol. The van der Waals surface area contributed by atoms with Gasteiger partial charge in [0.1, 0.15) is 12.4 Å². The third-order valence-corrected chi connectivity index (χ3v) is 4.82. The molecule has 0 N–H and O–H groups in total. The summed E-state index contributed by atoms with van der Waals surface area (Å²) in [5.74, 6) is 0.902. The molecular weight excluding hydrogens is 300 g/mol. The predicted octanol–water partition coefficient (Wildman–Crippen LogP) is 5.95. The van der Waals surface area contributed by atoms with E-state index < -0.39 is 0 Å². The van der Waals surface area contributed by atoms with E-state index in [1.165, 1.54) is 10.3 Å². The molecule has 0 atom stereocenters. The van der Waals surface area contributed by atoms with E-state index in [2.05, 4.69) is 42.5 Å². The molecule has 1 nitrogen and oxygen atoms in total. The molecule has 0 aliphatic rings. The molecule has 1 radical (unpaired) electrons. The Morgan fingerprint density at radius 3 is 2.39 bits per heavy atom. The number of fused-ring (bicyclic) bond motifs is 1. The van der Waals surface area contributed by atoms with Crippen molar-refractivity contribution in [1.82, 2.24) is 0 Å². The molecule has 111 valence electrons. The summed E-state index contributed by atoms with van der Waals surface area (Å²) in [4.78, 5) is 1.12. The van der Waals surface area contributed by atoms with E-state index in [1.54, 1.807) is 11.3 Å². The second-order valence-electron chi connectivity index (χ2n) is 5.32. The van der Waals surface area contributed by atoms with Gasteiger partial charge in [-0.1, -0.05) is 60.7 Å². The van der Waals surface area contributed by atoms with E-state index in [-0.39, 0.29) is 0 Å². The summed E-state index contributed by atoms with van der Waals surface area (Å²) < 4.78 is 7.31. The van der Waals surface area contributed by atoms with Crippen molar-refractivity contribution in [3.63, 3.8) is 0 Å². The highest BCUT2D eigenvalue weighted by Gasteiger charge is 2.10. The molecule has 0 fully saturated rings. The van der Waals surface area contributed by atoms with E-state index in [0.717, 1.165) is 21.6 Å². The SMILES string of the molecule is [c]1c(-c2ccccc2OCc2ccccc2)sc2ccccc12. The molecule has 0 saturated carbocycles. The zero-order valence-electron chi connectivity index (χ0n) is 12.5. The molecule has 23 heavy (non-hydrogen) atoms. The van der Waals surface area contributed by atoms with Crippen LogP contribution in [0.4, 0.5) is 0 Å². The van der Waals surface area contributed by atoms with Gasteiger partial charge < -0.3 is 4.74 Å². The van der Waals surface area contributed by atoms with Crippen LogP contribution < -0.4 is 4.74 Å². The maximum atomic E-state index is 6.06. The van der Waals surface area contributed by atoms with Gasteiger partial charge in [-0.15, -0.1) is 11.3 Å². The molecule has 0 aliphatic heterocycles. The van der Waals surface area contributed by atoms with Crippen LogP contribution >= 0.6 is 11.3 Å². The van der Waals surface area contributed by atoms with Gasteiger partial charge in [0, 0.05) is 26.6 Å². The number of hydrogen-bond donors (Lipinski definition) is 0. The first-order valence-corrected chi connectivity index (χ1v) is 8.39. The van der Waals surface area contributed by atoms with Crippen molar-refractivity contribution in [2.24, 2.45) is 0 Å². The molecule has 0 bridgehead atoms. The molecule has 0 aliphatic carbocycles. The first-order chi connectivity index (χ1) is 11.4. The average Bonchev–Trinajstić information content (AvgIpc) is 3.05. The lowest BCUT2D eigenvalue weighted by Crippen LogP contribution is -1.96. The van der Waals surface area contributed by atoms with Crippen LogP contribution in [0.1, 0.15) is 5.56 Å². The fraction of sp³-hybridized carbons (Fsp3) is 0.0476. The van der Waals surface area contributed by atoms with Gasteiger partial charge in [-0.3, -0.25) is 0 Å². The summed E-state index contributed by atoms with van der Waals surface area (Å²) >= 11 is 1.75. The Hall–Kier alpha value is -2.58. The van der Waals surface area contributed by atoms with Gasteiger partial charge in [-0.05, 0) is 23.8 Å². The van der Waals surface area contributed by atoms with Gasteiger partial charge in [0.25, 0.3) is 0 Å². The minimum atomic E-state index is 0.572. The van der Waals surface area contributed by atoms with E-state index in [1.807, 2.05) is 42.5 Å². The van der Waals surface area contributed by atoms with E-state index in [0.29, 0.717) is 6.61 Å². The van der Waals surface area contributed by atoms with Crippen molar-refractivity contribution in [3.05, 3.63) is 90.5 Å². The van der Waals surface area contributed by atoms with Crippen molar-refractivity contribution >= 4 is 21.4 Å². The van der Waals surface area contributed by atoms with Crippen molar-refractivity contribution in [3.8, 4) is 16.2 Å². The third kappa shape index (κ3) is 2.99. The quantitative estimate of drug-likeness (QED) is 0.452. The van der Waals surface area contributed by atoms with Gasteiger partial charge in [0.05, 0.1) is 0 Å². The Morgan fingerprint density at radius 2 is 1.52 bits per heavy atom. The van der Waals surface area contributed by atoms with Gasteiger partial charge >= 0.3 is 0 Å². The summed E-state index contributed by atoms with van der Waals surface area (Å²) in [6, 6.07) is 30.2. The molecule has 3 aromatic carbocycles. The zero-order chi connectivity index (χ0) is 15.5. The Labute approximate surface area is 139 Å². The molecule has 4 aromatic rings. The first-order valence-electron chi connectivity index (χ1n) is 7.57. The fourth-order valence-corrected chi connectivity index (χ4v) is 3.59. The van der Waals surface area contributed by atoms with Crippen LogP contribution in [-0.2, 0) is 6.61 Å². The van der Waals surface area contributed by atoms with E-state index in [9.17, 15) is 0 Å². The van der Waals surface area contributed by atoms with Gasteiger partial charge in [-0.2, -0.15) is 0 Å². The maximum Gasteiger partial charge on any atom is 0.128 e. The van der Waals surface area contributed by atoms with E-state index in [4.69, 9.17) is 4.74 Å². The molecule has 2 heteroatoms. The van der Waals surface area contributed by atoms with Gasteiger partial charge in [0.2, 0.25) is 0 Å². The Bertz CT molecular complexity index is 892. The molecule has 4 rings (SSSR count). The highest BCUT2D eigenvalue weighted by Crippen LogP contribution is 2.37. The minimum Gasteiger partial charge on any atom is -0.488 e. The van der Waals surface area contributed by atoms with Gasteiger partial charge in [-0.25, -0.2) is 0 Å². The van der Waals surface area contributed by atoms with Crippen LogP contribution in [0.5, 0.6) is 5.75 Å². The van der Waals surface area contributed by atoms with Crippen LogP contribution in [0.25, 0.3) is 20.5 Å². The predicted molar refractivity (Wildman–Crippen MR) is 96.9 cm³/mol. The van der Waals surface area contributed by atoms with Gasteiger partial charge in [0.15, 0.2) is 0 Å². The molecular formula is C21H15OS. The van der Waals surface area contributed by atoms with Crippen molar-refractivity contribution < 1.29 is 4.74 Å². The fourth-order valence-electron chi connectivity index (χ4n) is 2.55. The number of thiophene rings is 1. The second kappa shape index (κ2) is 6.27. The Balaban J connectivity index is 1.66. The topological polar surface area (TPSA) is 9.23 Å². The van der Waals surface area contributed by atoms with Crippen LogP contribution in [-0.4, -0.2) is 0 Å². The Morgan fingerprint density at radius 1 is 0.783 bits per heavy atom. The zero-order valence-corrected chi connectivity index (χ0v) is 13.3. The number of para-hydroxylation sites is 1. The largest absolute Gasteiger partial charge is 0.488 e. The molecule has 0 spiro atoms. The summed E-state index contributed by atoms with van der Waals surface area (Å²) in [6.07, 6.45) is 0. The highest BCUT2D eigenvalue weighted by atomic mass is 32.1. The first kappa shape index (κ1) is 14.0. The molecule has 0 saturated heterocycles. The molecule has 0 amide bonds. The number of benzene rings is 3.